The molecule has 0 spiro atoms. The first-order valence-electron chi connectivity index (χ1n) is 7.51. The molecular weight excluding hydrogens is 272 g/mol. The van der Waals surface area contributed by atoms with Gasteiger partial charge in [-0.1, -0.05) is 19.1 Å². The predicted octanol–water partition coefficient (Wildman–Crippen LogP) is 1.70. The van der Waals surface area contributed by atoms with E-state index in [9.17, 15) is 14.4 Å². The third kappa shape index (κ3) is 2.66. The molecule has 1 saturated heterocycles. The summed E-state index contributed by atoms with van der Waals surface area (Å²) in [6.45, 7) is 4.64. The van der Waals surface area contributed by atoms with E-state index in [1.54, 1.807) is 6.92 Å². The van der Waals surface area contributed by atoms with Gasteiger partial charge >= 0.3 is 12.0 Å². The minimum Gasteiger partial charge on any atom is -0.464 e. The van der Waals surface area contributed by atoms with E-state index in [2.05, 4.69) is 0 Å². The molecule has 2 aliphatic heterocycles. The molecule has 1 fully saturated rings. The Morgan fingerprint density at radius 3 is 2.76 bits per heavy atom. The zero-order chi connectivity index (χ0) is 15.5. The van der Waals surface area contributed by atoms with Crippen LogP contribution in [0.5, 0.6) is 0 Å². The molecule has 6 nitrogen and oxygen atoms in total. The molecule has 0 saturated carbocycles. The molecule has 0 radical (unpaired) electrons. The van der Waals surface area contributed by atoms with Gasteiger partial charge in [0.25, 0.3) is 0 Å². The maximum Gasteiger partial charge on any atom is 0.332 e. The van der Waals surface area contributed by atoms with Crippen molar-refractivity contribution in [1.82, 2.24) is 9.80 Å². The van der Waals surface area contributed by atoms with Crippen LogP contribution in [0.1, 0.15) is 39.5 Å². The van der Waals surface area contributed by atoms with E-state index < -0.39 is 11.5 Å². The molecule has 0 bridgehead atoms. The number of fused-ring (bicyclic) bond motifs is 1. The fourth-order valence-corrected chi connectivity index (χ4v) is 2.95. The van der Waals surface area contributed by atoms with Gasteiger partial charge in [0.1, 0.15) is 5.54 Å². The van der Waals surface area contributed by atoms with Crippen LogP contribution < -0.4 is 0 Å². The zero-order valence-electron chi connectivity index (χ0n) is 12.6. The van der Waals surface area contributed by atoms with Crippen molar-refractivity contribution in [2.75, 3.05) is 19.7 Å². The second kappa shape index (κ2) is 6.28. The molecule has 0 aromatic carbocycles. The van der Waals surface area contributed by atoms with Gasteiger partial charge in [-0.3, -0.25) is 9.69 Å². The van der Waals surface area contributed by atoms with Crippen molar-refractivity contribution in [2.45, 2.75) is 45.1 Å². The van der Waals surface area contributed by atoms with Crippen LogP contribution >= 0.6 is 0 Å². The largest absolute Gasteiger partial charge is 0.464 e. The van der Waals surface area contributed by atoms with Crippen LogP contribution in [0.3, 0.4) is 0 Å². The summed E-state index contributed by atoms with van der Waals surface area (Å²) in [6.07, 6.45) is 5.37. The molecule has 0 aromatic heterocycles. The van der Waals surface area contributed by atoms with Crippen molar-refractivity contribution in [3.8, 4) is 0 Å². The second-order valence-electron chi connectivity index (χ2n) is 5.37. The molecule has 116 valence electrons. The summed E-state index contributed by atoms with van der Waals surface area (Å²) in [5, 5.41) is 0. The fraction of sp³-hybridized carbons (Fsp3) is 0.667. The predicted molar refractivity (Wildman–Crippen MR) is 76.5 cm³/mol. The molecular formula is C15H22N2O4. The van der Waals surface area contributed by atoms with Crippen molar-refractivity contribution in [1.29, 1.82) is 0 Å². The van der Waals surface area contributed by atoms with E-state index in [4.69, 9.17) is 4.74 Å². The van der Waals surface area contributed by atoms with Gasteiger partial charge in [-0.2, -0.15) is 0 Å². The highest BCUT2D eigenvalue weighted by molar-refractivity contribution is 5.99. The van der Waals surface area contributed by atoms with Crippen LogP contribution in [0.25, 0.3) is 0 Å². The summed E-state index contributed by atoms with van der Waals surface area (Å²) in [5.74, 6) is -0.617. The third-order valence-corrected chi connectivity index (χ3v) is 4.04. The molecule has 3 amide bonds. The molecule has 2 rings (SSSR count). The maximum atomic E-state index is 12.7. The molecule has 0 aliphatic carbocycles. The highest BCUT2D eigenvalue weighted by Crippen LogP contribution is 2.34. The Hall–Kier alpha value is -1.85. The lowest BCUT2D eigenvalue weighted by Gasteiger charge is -2.42. The molecule has 1 atom stereocenters. The van der Waals surface area contributed by atoms with Crippen molar-refractivity contribution >= 4 is 17.9 Å². The van der Waals surface area contributed by atoms with Crippen LogP contribution in [0.15, 0.2) is 12.2 Å². The number of carbonyl (C=O) groups is 3. The summed E-state index contributed by atoms with van der Waals surface area (Å²) >= 11 is 0. The van der Waals surface area contributed by atoms with Crippen LogP contribution in [-0.2, 0) is 14.3 Å². The van der Waals surface area contributed by atoms with Gasteiger partial charge < -0.3 is 9.64 Å². The smallest absolute Gasteiger partial charge is 0.332 e. The summed E-state index contributed by atoms with van der Waals surface area (Å²) < 4.78 is 5.18. The van der Waals surface area contributed by atoms with Crippen LogP contribution in [0.4, 0.5) is 4.79 Å². The average Bonchev–Trinajstić information content (AvgIpc) is 2.59. The van der Waals surface area contributed by atoms with E-state index in [0.717, 1.165) is 0 Å². The number of esters is 1. The van der Waals surface area contributed by atoms with Crippen molar-refractivity contribution in [2.24, 2.45) is 0 Å². The van der Waals surface area contributed by atoms with Gasteiger partial charge in [0.2, 0.25) is 5.91 Å². The number of rotatable bonds is 4. The fourth-order valence-electron chi connectivity index (χ4n) is 2.95. The quantitative estimate of drug-likeness (QED) is 0.584. The highest BCUT2D eigenvalue weighted by Gasteiger charge is 2.51. The number of imide groups is 1. The molecule has 0 N–H and O–H groups in total. The number of nitrogens with zero attached hydrogens (tertiary/aromatic N) is 2. The minimum absolute atomic E-state index is 0.189. The van der Waals surface area contributed by atoms with Gasteiger partial charge in [0.15, 0.2) is 0 Å². The van der Waals surface area contributed by atoms with Crippen molar-refractivity contribution in [3.63, 3.8) is 0 Å². The Kier molecular flexibility index (Phi) is 4.65. The number of hydrogen-bond acceptors (Lipinski definition) is 4. The molecule has 2 heterocycles. The molecule has 1 unspecified atom stereocenters. The van der Waals surface area contributed by atoms with Crippen LogP contribution in [0.2, 0.25) is 0 Å². The second-order valence-corrected chi connectivity index (χ2v) is 5.37. The number of carbonyl (C=O) groups excluding carboxylic acids is 3. The topological polar surface area (TPSA) is 66.9 Å². The zero-order valence-corrected chi connectivity index (χ0v) is 12.6. The first kappa shape index (κ1) is 15.5. The van der Waals surface area contributed by atoms with Gasteiger partial charge in [0, 0.05) is 19.5 Å². The highest BCUT2D eigenvalue weighted by atomic mass is 16.5. The summed E-state index contributed by atoms with van der Waals surface area (Å²) in [7, 11) is 0. The summed E-state index contributed by atoms with van der Waals surface area (Å²) in [4.78, 5) is 40.1. The number of hydrogen-bond donors (Lipinski definition) is 0. The average molecular weight is 294 g/mol. The SMILES string of the molecule is CCCN1C(=O)CCC2(C(=O)OCC)CC=CCN2C1=O. The van der Waals surface area contributed by atoms with Gasteiger partial charge in [0.05, 0.1) is 6.61 Å². The Labute approximate surface area is 124 Å². The van der Waals surface area contributed by atoms with Crippen molar-refractivity contribution in [3.05, 3.63) is 12.2 Å². The Morgan fingerprint density at radius 1 is 1.33 bits per heavy atom. The van der Waals surface area contributed by atoms with Gasteiger partial charge in [-0.05, 0) is 26.2 Å². The lowest BCUT2D eigenvalue weighted by molar-refractivity contribution is -0.156. The Morgan fingerprint density at radius 2 is 2.10 bits per heavy atom. The lowest BCUT2D eigenvalue weighted by Crippen LogP contribution is -2.60. The third-order valence-electron chi connectivity index (χ3n) is 4.04. The lowest BCUT2D eigenvalue weighted by atomic mass is 9.86. The first-order valence-corrected chi connectivity index (χ1v) is 7.51. The molecule has 21 heavy (non-hydrogen) atoms. The van der Waals surface area contributed by atoms with E-state index in [0.29, 0.717) is 32.4 Å². The monoisotopic (exact) mass is 294 g/mol. The van der Waals surface area contributed by atoms with E-state index >= 15 is 0 Å². The van der Waals surface area contributed by atoms with Crippen LogP contribution in [-0.4, -0.2) is 52.9 Å². The van der Waals surface area contributed by atoms with Gasteiger partial charge in [-0.15, -0.1) is 0 Å². The summed E-state index contributed by atoms with van der Waals surface area (Å²) in [6, 6.07) is -0.378. The van der Waals surface area contributed by atoms with Crippen LogP contribution in [0, 0.1) is 0 Å². The van der Waals surface area contributed by atoms with E-state index in [1.807, 2.05) is 19.1 Å². The Balaban J connectivity index is 2.38. The number of urea groups is 1. The molecule has 6 heteroatoms. The first-order chi connectivity index (χ1) is 10.1. The number of ether oxygens (including phenoxy) is 1. The van der Waals surface area contributed by atoms with Crippen molar-refractivity contribution < 1.29 is 19.1 Å². The summed E-state index contributed by atoms with van der Waals surface area (Å²) in [5.41, 5.74) is -1.03. The van der Waals surface area contributed by atoms with E-state index in [-0.39, 0.29) is 25.0 Å². The Bertz CT molecular complexity index is 474. The normalized spacial score (nSPS) is 25.6. The number of amides is 3. The minimum atomic E-state index is -1.03. The molecule has 2 aliphatic rings. The van der Waals surface area contributed by atoms with Gasteiger partial charge in [-0.25, -0.2) is 9.59 Å². The maximum absolute atomic E-state index is 12.7. The standard InChI is InChI=1S/C15H22N2O4/c1-3-10-16-12(18)7-9-15(13(19)21-4-2)8-5-6-11-17(15)14(16)20/h5-6H,3-4,7-11H2,1-2H3. The van der Waals surface area contributed by atoms with E-state index in [1.165, 1.54) is 9.80 Å². The molecule has 0 aromatic rings.